The summed E-state index contributed by atoms with van der Waals surface area (Å²) in [6.45, 7) is 9.76. The average Bonchev–Trinajstić information content (AvgIpc) is 3.15. The number of carbonyl (C=O) groups is 1. The van der Waals surface area contributed by atoms with Crippen molar-refractivity contribution in [3.8, 4) is 0 Å². The summed E-state index contributed by atoms with van der Waals surface area (Å²) >= 11 is 0. The van der Waals surface area contributed by atoms with Crippen LogP contribution in [0.4, 0.5) is 13.2 Å². The van der Waals surface area contributed by atoms with Crippen LogP contribution >= 0.6 is 0 Å². The molecule has 3 heterocycles. The molecule has 0 unspecified atom stereocenters. The summed E-state index contributed by atoms with van der Waals surface area (Å²) in [6, 6.07) is 5.82. The number of likely N-dealkylation sites (tertiary alicyclic amines) is 1. The first-order valence-corrected chi connectivity index (χ1v) is 11.0. The maximum Gasteiger partial charge on any atom is 0.416 e. The predicted octanol–water partition coefficient (Wildman–Crippen LogP) is 4.67. The number of piperidine rings is 1. The van der Waals surface area contributed by atoms with E-state index in [9.17, 15) is 18.0 Å². The molecule has 1 aromatic rings. The molecule has 0 radical (unpaired) electrons. The Morgan fingerprint density at radius 2 is 1.74 bits per heavy atom. The normalized spacial score (nSPS) is 21.4. The number of benzene rings is 1. The Labute approximate surface area is 181 Å². The number of hydrogen-bond donors (Lipinski definition) is 0. The van der Waals surface area contributed by atoms with Gasteiger partial charge in [0.25, 0.3) is 5.91 Å². The molecule has 168 valence electrons. The number of rotatable bonds is 2. The van der Waals surface area contributed by atoms with Crippen molar-refractivity contribution in [2.45, 2.75) is 57.7 Å². The highest BCUT2D eigenvalue weighted by Crippen LogP contribution is 2.39. The molecule has 3 aliphatic rings. The third kappa shape index (κ3) is 4.43. The summed E-state index contributed by atoms with van der Waals surface area (Å²) in [4.78, 5) is 22.0. The van der Waals surface area contributed by atoms with Crippen molar-refractivity contribution in [3.05, 3.63) is 46.5 Å². The monoisotopic (exact) mass is 433 g/mol. The van der Waals surface area contributed by atoms with Crippen molar-refractivity contribution in [3.63, 3.8) is 0 Å². The highest BCUT2D eigenvalue weighted by atomic mass is 19.4. The number of aliphatic imine (C=N–C) groups is 1. The Bertz CT molecular complexity index is 919. The molecule has 3 aliphatic heterocycles. The fraction of sp³-hybridized carbons (Fsp3) is 0.583. The molecule has 0 N–H and O–H groups in total. The van der Waals surface area contributed by atoms with Crippen LogP contribution in [0, 0.1) is 0 Å². The Hall–Kier alpha value is -2.15. The van der Waals surface area contributed by atoms with E-state index in [1.165, 1.54) is 11.6 Å². The summed E-state index contributed by atoms with van der Waals surface area (Å²) in [5, 5.41) is 0. The van der Waals surface area contributed by atoms with Crippen molar-refractivity contribution >= 4 is 11.6 Å². The van der Waals surface area contributed by atoms with Crippen LogP contribution in [0.25, 0.3) is 0 Å². The maximum atomic E-state index is 13.4. The Balaban J connectivity index is 1.44. The lowest BCUT2D eigenvalue weighted by Gasteiger charge is -2.39. The molecule has 4 nitrogen and oxygen atoms in total. The van der Waals surface area contributed by atoms with E-state index < -0.39 is 11.7 Å². The average molecular weight is 434 g/mol. The zero-order valence-electron chi connectivity index (χ0n) is 18.4. The van der Waals surface area contributed by atoms with Crippen LogP contribution in [-0.4, -0.2) is 59.7 Å². The van der Waals surface area contributed by atoms with Crippen LogP contribution in [0.15, 0.2) is 40.4 Å². The van der Waals surface area contributed by atoms with Gasteiger partial charge in [0.15, 0.2) is 0 Å². The van der Waals surface area contributed by atoms with E-state index in [-0.39, 0.29) is 17.4 Å². The summed E-state index contributed by atoms with van der Waals surface area (Å²) < 4.78 is 40.2. The summed E-state index contributed by atoms with van der Waals surface area (Å²) in [7, 11) is 0. The molecule has 0 spiro atoms. The van der Waals surface area contributed by atoms with Crippen molar-refractivity contribution < 1.29 is 18.0 Å². The van der Waals surface area contributed by atoms with Gasteiger partial charge in [-0.3, -0.25) is 14.7 Å². The molecule has 31 heavy (non-hydrogen) atoms. The van der Waals surface area contributed by atoms with Gasteiger partial charge < -0.3 is 4.90 Å². The second-order valence-corrected chi connectivity index (χ2v) is 9.74. The van der Waals surface area contributed by atoms with Crippen LogP contribution in [0.3, 0.4) is 0 Å². The standard InChI is InChI=1S/C24H30F3N3O/c1-23(2,3)30-13-10-17-14-28-21(19(17)15-30)22(31)29-11-8-16(9-12-29)18-6-4-5-7-20(18)24(25,26)27/h4-7,16H,8-15H2,1-3H3. The third-order valence-electron chi connectivity index (χ3n) is 6.81. The second kappa shape index (κ2) is 8.08. The number of nitrogens with zero attached hydrogens (tertiary/aromatic N) is 3. The number of halogens is 3. The van der Waals surface area contributed by atoms with Crippen molar-refractivity contribution in [2.75, 3.05) is 32.7 Å². The fourth-order valence-corrected chi connectivity index (χ4v) is 4.91. The molecule has 4 rings (SSSR count). The minimum Gasteiger partial charge on any atom is -0.337 e. The molecule has 1 fully saturated rings. The van der Waals surface area contributed by atoms with E-state index >= 15 is 0 Å². The summed E-state index contributed by atoms with van der Waals surface area (Å²) in [5.41, 5.74) is 2.71. The molecule has 1 aromatic carbocycles. The molecule has 0 aliphatic carbocycles. The number of alkyl halides is 3. The van der Waals surface area contributed by atoms with Gasteiger partial charge in [-0.15, -0.1) is 0 Å². The van der Waals surface area contributed by atoms with E-state index in [0.717, 1.165) is 31.1 Å². The number of amides is 1. The molecule has 1 saturated heterocycles. The summed E-state index contributed by atoms with van der Waals surface area (Å²) in [5.74, 6) is -0.253. The Morgan fingerprint density at radius 1 is 1.06 bits per heavy atom. The molecular formula is C24H30F3N3O. The van der Waals surface area contributed by atoms with Crippen molar-refractivity contribution in [2.24, 2.45) is 4.99 Å². The minimum absolute atomic E-state index is 0.0273. The van der Waals surface area contributed by atoms with Gasteiger partial charge in [-0.2, -0.15) is 13.2 Å². The Morgan fingerprint density at radius 3 is 2.39 bits per heavy atom. The van der Waals surface area contributed by atoms with Gasteiger partial charge in [0.2, 0.25) is 0 Å². The van der Waals surface area contributed by atoms with E-state index in [1.54, 1.807) is 17.0 Å². The number of hydrogen-bond acceptors (Lipinski definition) is 3. The smallest absolute Gasteiger partial charge is 0.337 e. The molecule has 1 amide bonds. The van der Waals surface area contributed by atoms with Gasteiger partial charge in [-0.1, -0.05) is 18.2 Å². The SMILES string of the molecule is CC(C)(C)N1CCC2=C(C1)C(C(=O)N1CCC(c3ccccc3C(F)(F)F)CC1)=NC2. The van der Waals surface area contributed by atoms with Gasteiger partial charge in [0.05, 0.1) is 12.1 Å². The second-order valence-electron chi connectivity index (χ2n) is 9.74. The quantitative estimate of drug-likeness (QED) is 0.680. The topological polar surface area (TPSA) is 35.9 Å². The first-order valence-electron chi connectivity index (χ1n) is 11.0. The zero-order chi connectivity index (χ0) is 22.4. The van der Waals surface area contributed by atoms with E-state index in [0.29, 0.717) is 43.8 Å². The molecule has 7 heteroatoms. The van der Waals surface area contributed by atoms with Crippen molar-refractivity contribution in [1.82, 2.24) is 9.80 Å². The first kappa shape index (κ1) is 22.1. The molecule has 0 saturated carbocycles. The van der Waals surface area contributed by atoms with Gasteiger partial charge in [-0.25, -0.2) is 0 Å². The van der Waals surface area contributed by atoms with Gasteiger partial charge in [0.1, 0.15) is 5.71 Å². The molecule has 0 bridgehead atoms. The van der Waals surface area contributed by atoms with Gasteiger partial charge >= 0.3 is 6.18 Å². The van der Waals surface area contributed by atoms with E-state index in [2.05, 4.69) is 30.7 Å². The number of carbonyl (C=O) groups excluding carboxylic acids is 1. The molecule has 0 atom stereocenters. The lowest BCUT2D eigenvalue weighted by Crippen LogP contribution is -2.48. The fourth-order valence-electron chi connectivity index (χ4n) is 4.91. The van der Waals surface area contributed by atoms with Crippen LogP contribution in [0.1, 0.15) is 57.1 Å². The molecular weight excluding hydrogens is 403 g/mol. The van der Waals surface area contributed by atoms with E-state index in [4.69, 9.17) is 0 Å². The minimum atomic E-state index is -4.36. The van der Waals surface area contributed by atoms with Crippen LogP contribution in [0.2, 0.25) is 0 Å². The maximum absolute atomic E-state index is 13.4. The van der Waals surface area contributed by atoms with Gasteiger partial charge in [-0.05, 0) is 68.7 Å². The highest BCUT2D eigenvalue weighted by Gasteiger charge is 2.38. The summed E-state index contributed by atoms with van der Waals surface area (Å²) in [6.07, 6.45) is -2.35. The molecule has 0 aromatic heterocycles. The van der Waals surface area contributed by atoms with Crippen molar-refractivity contribution in [1.29, 1.82) is 0 Å². The largest absolute Gasteiger partial charge is 0.416 e. The Kier molecular flexibility index (Phi) is 5.75. The highest BCUT2D eigenvalue weighted by molar-refractivity contribution is 6.46. The van der Waals surface area contributed by atoms with Gasteiger partial charge in [0, 0.05) is 31.7 Å². The first-order chi connectivity index (χ1) is 14.6. The zero-order valence-corrected chi connectivity index (χ0v) is 18.4. The van der Waals surface area contributed by atoms with Crippen LogP contribution in [-0.2, 0) is 11.0 Å². The lowest BCUT2D eigenvalue weighted by molar-refractivity contribution is -0.138. The lowest BCUT2D eigenvalue weighted by atomic mass is 9.86. The van der Waals surface area contributed by atoms with Crippen LogP contribution < -0.4 is 0 Å². The third-order valence-corrected chi connectivity index (χ3v) is 6.81. The van der Waals surface area contributed by atoms with E-state index in [1.807, 2.05) is 0 Å². The predicted molar refractivity (Wildman–Crippen MR) is 115 cm³/mol. The van der Waals surface area contributed by atoms with Crippen LogP contribution in [0.5, 0.6) is 0 Å².